The molecule has 0 aliphatic heterocycles. The van der Waals surface area contributed by atoms with Gasteiger partial charge in [-0.1, -0.05) is 0 Å². The van der Waals surface area contributed by atoms with Crippen molar-refractivity contribution >= 4 is 21.8 Å². The Kier molecular flexibility index (Phi) is 15.1. The summed E-state index contributed by atoms with van der Waals surface area (Å²) in [6.07, 6.45) is 0. The Morgan fingerprint density at radius 2 is 1.80 bits per heavy atom. The zero-order chi connectivity index (χ0) is 6.78. The third-order valence-electron chi connectivity index (χ3n) is 0.144. The molecule has 0 aliphatic carbocycles. The molecule has 0 rings (SSSR count). The Balaban J connectivity index is -0.0000000408. The van der Waals surface area contributed by atoms with Crippen LogP contribution in [0, 0.1) is 0 Å². The molecular weight excluding hydrogens is 222 g/mol. The van der Waals surface area contributed by atoms with Gasteiger partial charge in [0.25, 0.3) is 0 Å². The van der Waals surface area contributed by atoms with E-state index in [9.17, 15) is 12.6 Å². The average Bonchev–Trinajstić information content (AvgIpc) is 1.21. The molecule has 2 N–H and O–H groups in total. The Bertz CT molecular complexity index is 190. The summed E-state index contributed by atoms with van der Waals surface area (Å²) in [7, 11) is -4.77. The largest absolute Gasteiger partial charge is 1.00 e. The molecule has 0 saturated heterocycles. The van der Waals surface area contributed by atoms with Crippen LogP contribution < -0.4 is 80.9 Å². The molecule has 0 radical (unpaired) electrons. The SMILES string of the molecule is O=S(O)OS(=O)(=O)O.[H-].[H-].[K+].[Na+]. The first kappa shape index (κ1) is 18.4. The van der Waals surface area contributed by atoms with Crippen molar-refractivity contribution in [3.05, 3.63) is 0 Å². The van der Waals surface area contributed by atoms with Crippen LogP contribution in [-0.4, -0.2) is 21.7 Å². The average molecular weight is 226 g/mol. The third kappa shape index (κ3) is 16.9. The maximum atomic E-state index is 9.42. The summed E-state index contributed by atoms with van der Waals surface area (Å²) < 4.78 is 46.4. The van der Waals surface area contributed by atoms with Crippen LogP contribution >= 0.6 is 0 Å². The van der Waals surface area contributed by atoms with Crippen LogP contribution in [0.1, 0.15) is 2.85 Å². The summed E-state index contributed by atoms with van der Waals surface area (Å²) in [5.74, 6) is 0. The van der Waals surface area contributed by atoms with Crippen molar-refractivity contribution in [3.8, 4) is 0 Å². The Morgan fingerprint density at radius 3 is 1.80 bits per heavy atom. The standard InChI is InChI=1S/K.Na.H2O6S2.2H/c;;1-7(2)6-8(3,4)5;;/h;;(H,1,2)(H,3,4,5);;/q2*+1;;2*-1. The van der Waals surface area contributed by atoms with Crippen molar-refractivity contribution in [1.82, 2.24) is 0 Å². The van der Waals surface area contributed by atoms with E-state index in [1.165, 1.54) is 0 Å². The minimum atomic E-state index is -4.77. The number of hydrogen-bond acceptors (Lipinski definition) is 4. The molecule has 10 heavy (non-hydrogen) atoms. The first-order valence-electron chi connectivity index (χ1n) is 1.20. The molecule has 0 heterocycles. The normalized spacial score (nSPS) is 12.6. The molecule has 0 fully saturated rings. The molecule has 0 aromatic carbocycles. The second-order valence-corrected chi connectivity index (χ2v) is 2.55. The fourth-order valence-corrected chi connectivity index (χ4v) is 0.662. The first-order valence-corrected chi connectivity index (χ1v) is 3.60. The van der Waals surface area contributed by atoms with Crippen LogP contribution in [0.15, 0.2) is 0 Å². The topological polar surface area (TPSA) is 101 Å². The molecule has 54 valence electrons. The van der Waals surface area contributed by atoms with Gasteiger partial charge in [-0.2, -0.15) is 12.6 Å². The predicted octanol–water partition coefficient (Wildman–Crippen LogP) is -6.82. The molecule has 0 spiro atoms. The van der Waals surface area contributed by atoms with Crippen molar-refractivity contribution < 1.29 is 109 Å². The van der Waals surface area contributed by atoms with Crippen molar-refractivity contribution in [2.24, 2.45) is 0 Å². The van der Waals surface area contributed by atoms with Crippen LogP contribution in [-0.2, 0) is 25.4 Å². The second kappa shape index (κ2) is 8.23. The Morgan fingerprint density at radius 1 is 1.50 bits per heavy atom. The van der Waals surface area contributed by atoms with E-state index in [1.807, 2.05) is 0 Å². The van der Waals surface area contributed by atoms with Gasteiger partial charge in [0.1, 0.15) is 0 Å². The van der Waals surface area contributed by atoms with E-state index >= 15 is 0 Å². The van der Waals surface area contributed by atoms with Gasteiger partial charge in [0.15, 0.2) is 0 Å². The summed E-state index contributed by atoms with van der Waals surface area (Å²) in [5, 5.41) is 0. The molecule has 0 aromatic rings. The minimum Gasteiger partial charge on any atom is -1.00 e. The monoisotopic (exact) mass is 226 g/mol. The molecule has 0 aliphatic rings. The van der Waals surface area contributed by atoms with Gasteiger partial charge in [-0.3, -0.25) is 9.11 Å². The van der Waals surface area contributed by atoms with E-state index in [-0.39, 0.29) is 83.8 Å². The van der Waals surface area contributed by atoms with Gasteiger partial charge in [-0.25, -0.2) is 0 Å². The zero-order valence-corrected chi connectivity index (χ0v) is 12.1. The summed E-state index contributed by atoms with van der Waals surface area (Å²) in [5.41, 5.74) is 0. The molecule has 6 nitrogen and oxygen atoms in total. The van der Waals surface area contributed by atoms with E-state index in [0.717, 1.165) is 0 Å². The molecule has 0 saturated carbocycles. The van der Waals surface area contributed by atoms with Crippen LogP contribution in [0.4, 0.5) is 0 Å². The van der Waals surface area contributed by atoms with Crippen LogP contribution in [0.3, 0.4) is 0 Å². The van der Waals surface area contributed by atoms with E-state index in [1.54, 1.807) is 0 Å². The van der Waals surface area contributed by atoms with Crippen molar-refractivity contribution in [1.29, 1.82) is 0 Å². The molecule has 1 unspecified atom stereocenters. The van der Waals surface area contributed by atoms with Gasteiger partial charge >= 0.3 is 103 Å². The molecule has 10 heteroatoms. The molecule has 0 amide bonds. The maximum absolute atomic E-state index is 9.42. The van der Waals surface area contributed by atoms with Gasteiger partial charge in [-0.05, 0) is 0 Å². The molecular formula is H4KNaO6S2. The van der Waals surface area contributed by atoms with Crippen LogP contribution in [0.2, 0.25) is 0 Å². The van der Waals surface area contributed by atoms with Crippen molar-refractivity contribution in [2.45, 2.75) is 0 Å². The Hall–Kier alpha value is 2.62. The second-order valence-electron chi connectivity index (χ2n) is 0.713. The summed E-state index contributed by atoms with van der Waals surface area (Å²) in [4.78, 5) is 0. The van der Waals surface area contributed by atoms with Gasteiger partial charge < -0.3 is 2.85 Å². The van der Waals surface area contributed by atoms with E-state index in [2.05, 4.69) is 3.63 Å². The minimum absolute atomic E-state index is 0. The quantitative estimate of drug-likeness (QED) is 0.276. The van der Waals surface area contributed by atoms with Gasteiger partial charge in [-0.15, -0.1) is 3.63 Å². The van der Waals surface area contributed by atoms with Crippen LogP contribution in [0.25, 0.3) is 0 Å². The Labute approximate surface area is 128 Å². The van der Waals surface area contributed by atoms with E-state index < -0.39 is 21.8 Å². The molecule has 0 aromatic heterocycles. The maximum Gasteiger partial charge on any atom is 1.00 e. The summed E-state index contributed by atoms with van der Waals surface area (Å²) in [6, 6.07) is 0. The van der Waals surface area contributed by atoms with Gasteiger partial charge in [0.05, 0.1) is 0 Å². The third-order valence-corrected chi connectivity index (χ3v) is 1.30. The van der Waals surface area contributed by atoms with Gasteiger partial charge in [0.2, 0.25) is 0 Å². The fraction of sp³-hybridized carbons (Fsp3) is 0. The summed E-state index contributed by atoms with van der Waals surface area (Å²) in [6.45, 7) is 0. The van der Waals surface area contributed by atoms with Crippen molar-refractivity contribution in [3.63, 3.8) is 0 Å². The summed E-state index contributed by atoms with van der Waals surface area (Å²) >= 11 is -2.97. The van der Waals surface area contributed by atoms with Crippen molar-refractivity contribution in [2.75, 3.05) is 0 Å². The fourth-order valence-electron chi connectivity index (χ4n) is 0.0736. The van der Waals surface area contributed by atoms with E-state index in [0.29, 0.717) is 0 Å². The van der Waals surface area contributed by atoms with E-state index in [4.69, 9.17) is 9.11 Å². The first-order chi connectivity index (χ1) is 3.42. The van der Waals surface area contributed by atoms with Gasteiger partial charge in [0, 0.05) is 0 Å². The van der Waals surface area contributed by atoms with Crippen LogP contribution in [0.5, 0.6) is 0 Å². The molecule has 0 bridgehead atoms. The number of hydrogen-bond donors (Lipinski definition) is 2. The molecule has 1 atom stereocenters. The number of rotatable bonds is 2. The zero-order valence-electron chi connectivity index (χ0n) is 7.34. The smallest absolute Gasteiger partial charge is 1.00 e. The predicted molar refractivity (Wildman–Crippen MR) is 25.6 cm³/mol.